The molecule has 3 N–H and O–H groups in total. The van der Waals surface area contributed by atoms with Gasteiger partial charge < -0.3 is 20.1 Å². The Bertz CT molecular complexity index is 1310. The molecule has 1 aliphatic heterocycles. The number of carbonyl (C=O) groups is 3. The van der Waals surface area contributed by atoms with E-state index in [4.69, 9.17) is 14.6 Å². The molecule has 0 saturated carbocycles. The SMILES string of the molecule is COc1cc(CNC(=O)c2ccc(CN3CCN(C(=O)c4c(C)n[nH]c4C)CC3)s2)ccn1.O=C(O)C(F)(F)F. The number of carbonyl (C=O) groups excluding carboxylic acids is 2. The average molecular weight is 583 g/mol. The lowest BCUT2D eigenvalue weighted by Crippen LogP contribution is -2.48. The van der Waals surface area contributed by atoms with E-state index in [2.05, 4.69) is 25.4 Å². The van der Waals surface area contributed by atoms with E-state index >= 15 is 0 Å². The molecule has 1 saturated heterocycles. The monoisotopic (exact) mass is 582 g/mol. The van der Waals surface area contributed by atoms with E-state index in [-0.39, 0.29) is 11.8 Å². The largest absolute Gasteiger partial charge is 0.490 e. The Morgan fingerprint density at radius 3 is 2.40 bits per heavy atom. The highest BCUT2D eigenvalue weighted by Crippen LogP contribution is 2.21. The molecule has 40 heavy (non-hydrogen) atoms. The van der Waals surface area contributed by atoms with Crippen molar-refractivity contribution in [3.63, 3.8) is 0 Å². The topological polar surface area (TPSA) is 141 Å². The Morgan fingerprint density at radius 2 is 1.82 bits per heavy atom. The van der Waals surface area contributed by atoms with E-state index in [1.165, 1.54) is 11.3 Å². The van der Waals surface area contributed by atoms with Crippen LogP contribution in [-0.4, -0.2) is 87.3 Å². The number of carboxylic acid groups (broad SMARTS) is 1. The number of aromatic amines is 1. The second kappa shape index (κ2) is 13.4. The highest BCUT2D eigenvalue weighted by atomic mass is 32.1. The number of hydrogen-bond acceptors (Lipinski definition) is 8. The fraction of sp³-hybridized carbons (Fsp3) is 0.400. The first-order valence-electron chi connectivity index (χ1n) is 12.1. The molecule has 1 aliphatic rings. The molecule has 0 aliphatic carbocycles. The van der Waals surface area contributed by atoms with Gasteiger partial charge in [0.15, 0.2) is 0 Å². The first-order chi connectivity index (χ1) is 18.9. The van der Waals surface area contributed by atoms with Crippen LogP contribution in [0.4, 0.5) is 13.2 Å². The second-order valence-corrected chi connectivity index (χ2v) is 10.0. The summed E-state index contributed by atoms with van der Waals surface area (Å²) >= 11 is 1.50. The summed E-state index contributed by atoms with van der Waals surface area (Å²) in [7, 11) is 1.57. The number of rotatable bonds is 7. The van der Waals surface area contributed by atoms with Crippen LogP contribution in [0.25, 0.3) is 0 Å². The van der Waals surface area contributed by atoms with Gasteiger partial charge in [-0.05, 0) is 37.6 Å². The molecule has 11 nitrogen and oxygen atoms in total. The molecule has 0 unspecified atom stereocenters. The van der Waals surface area contributed by atoms with Crippen LogP contribution in [0.5, 0.6) is 5.88 Å². The lowest BCUT2D eigenvalue weighted by Gasteiger charge is -2.34. The highest BCUT2D eigenvalue weighted by molar-refractivity contribution is 7.14. The van der Waals surface area contributed by atoms with E-state index in [0.717, 1.165) is 41.5 Å². The summed E-state index contributed by atoms with van der Waals surface area (Å²) in [5, 5.41) is 17.1. The van der Waals surface area contributed by atoms with Crippen LogP contribution in [0, 0.1) is 13.8 Å². The Morgan fingerprint density at radius 1 is 1.15 bits per heavy atom. The number of H-pyrrole nitrogens is 1. The summed E-state index contributed by atoms with van der Waals surface area (Å²) in [5.41, 5.74) is 3.17. The number of ether oxygens (including phenoxy) is 1. The number of nitrogens with zero attached hydrogens (tertiary/aromatic N) is 4. The molecule has 4 rings (SSSR count). The van der Waals surface area contributed by atoms with Crippen molar-refractivity contribution in [2.75, 3.05) is 33.3 Å². The van der Waals surface area contributed by atoms with Gasteiger partial charge in [0.1, 0.15) is 0 Å². The zero-order valence-corrected chi connectivity index (χ0v) is 22.9. The number of alkyl halides is 3. The quantitative estimate of drug-likeness (QED) is 0.386. The summed E-state index contributed by atoms with van der Waals surface area (Å²) < 4.78 is 36.9. The van der Waals surface area contributed by atoms with Crippen LogP contribution in [-0.2, 0) is 17.9 Å². The lowest BCUT2D eigenvalue weighted by molar-refractivity contribution is -0.192. The number of hydrogen-bond donors (Lipinski definition) is 3. The molecule has 4 heterocycles. The Hall–Kier alpha value is -3.98. The van der Waals surface area contributed by atoms with Crippen LogP contribution in [0.1, 0.15) is 41.9 Å². The number of pyridine rings is 1. The number of halogens is 3. The Kier molecular flexibility index (Phi) is 10.2. The molecule has 3 aromatic heterocycles. The average Bonchev–Trinajstić information content (AvgIpc) is 3.53. The van der Waals surface area contributed by atoms with Gasteiger partial charge in [-0.25, -0.2) is 9.78 Å². The third kappa shape index (κ3) is 8.26. The summed E-state index contributed by atoms with van der Waals surface area (Å²) in [6.45, 7) is 7.86. The third-order valence-corrected chi connectivity index (χ3v) is 7.04. The number of aliphatic carboxylic acids is 1. The van der Waals surface area contributed by atoms with E-state index in [1.54, 1.807) is 19.4 Å². The molecule has 0 spiro atoms. The molecule has 0 radical (unpaired) electrons. The number of amides is 2. The van der Waals surface area contributed by atoms with Gasteiger partial charge in [0, 0.05) is 62.1 Å². The zero-order chi connectivity index (χ0) is 29.4. The number of methoxy groups -OCH3 is 1. The minimum absolute atomic E-state index is 0.0419. The van der Waals surface area contributed by atoms with Crippen molar-refractivity contribution in [2.24, 2.45) is 0 Å². The molecule has 3 aromatic rings. The van der Waals surface area contributed by atoms with Crippen LogP contribution in [0.15, 0.2) is 30.5 Å². The first kappa shape index (κ1) is 30.6. The number of aryl methyl sites for hydroxylation is 2. The van der Waals surface area contributed by atoms with E-state index in [1.807, 2.05) is 36.9 Å². The predicted octanol–water partition coefficient (Wildman–Crippen LogP) is 3.01. The van der Waals surface area contributed by atoms with E-state index < -0.39 is 12.1 Å². The first-order valence-corrected chi connectivity index (χ1v) is 12.9. The van der Waals surface area contributed by atoms with Gasteiger partial charge >= 0.3 is 12.1 Å². The van der Waals surface area contributed by atoms with Crippen molar-refractivity contribution in [1.29, 1.82) is 0 Å². The summed E-state index contributed by atoms with van der Waals surface area (Å²) in [6, 6.07) is 7.53. The minimum atomic E-state index is -5.08. The molecule has 216 valence electrons. The van der Waals surface area contributed by atoms with Crippen molar-refractivity contribution in [3.05, 3.63) is 62.7 Å². The van der Waals surface area contributed by atoms with Crippen LogP contribution < -0.4 is 10.1 Å². The maximum Gasteiger partial charge on any atom is 0.490 e. The molecule has 1 fully saturated rings. The number of nitrogens with one attached hydrogen (secondary N) is 2. The Balaban J connectivity index is 0.000000559. The van der Waals surface area contributed by atoms with Crippen LogP contribution in [0.2, 0.25) is 0 Å². The molecule has 15 heteroatoms. The molecular weight excluding hydrogens is 553 g/mol. The van der Waals surface area contributed by atoms with E-state index in [0.29, 0.717) is 36.0 Å². The lowest BCUT2D eigenvalue weighted by atomic mass is 10.1. The smallest absolute Gasteiger partial charge is 0.481 e. The second-order valence-electron chi connectivity index (χ2n) is 8.84. The van der Waals surface area contributed by atoms with Gasteiger partial charge in [-0.15, -0.1) is 11.3 Å². The van der Waals surface area contributed by atoms with Crippen LogP contribution >= 0.6 is 11.3 Å². The van der Waals surface area contributed by atoms with Gasteiger partial charge in [-0.2, -0.15) is 18.3 Å². The standard InChI is InChI=1S/C23H28N6O3S.C2HF3O2/c1-15-21(16(2)27-26-15)23(31)29-10-8-28(9-11-29)14-18-4-5-19(33-18)22(30)25-13-17-6-7-24-20(12-17)32-3;3-2(4,5)1(6)7/h4-7,12H,8-11,13-14H2,1-3H3,(H,25,30)(H,26,27);(H,6,7). The molecule has 0 aromatic carbocycles. The molecular formula is C25H29F3N6O5S. The summed E-state index contributed by atoms with van der Waals surface area (Å²) in [5.74, 6) is -2.28. The fourth-order valence-electron chi connectivity index (χ4n) is 3.88. The summed E-state index contributed by atoms with van der Waals surface area (Å²) in [4.78, 5) is 44.4. The van der Waals surface area contributed by atoms with Crippen LogP contribution in [0.3, 0.4) is 0 Å². The van der Waals surface area contributed by atoms with Crippen molar-refractivity contribution in [1.82, 2.24) is 30.3 Å². The summed E-state index contributed by atoms with van der Waals surface area (Å²) in [6.07, 6.45) is -3.42. The zero-order valence-electron chi connectivity index (χ0n) is 22.0. The highest BCUT2D eigenvalue weighted by Gasteiger charge is 2.38. The number of piperazine rings is 1. The molecule has 0 atom stereocenters. The number of aromatic nitrogens is 3. The van der Waals surface area contributed by atoms with Crippen molar-refractivity contribution in [2.45, 2.75) is 33.1 Å². The maximum atomic E-state index is 12.8. The van der Waals surface area contributed by atoms with Gasteiger partial charge in [-0.3, -0.25) is 19.6 Å². The van der Waals surface area contributed by atoms with Gasteiger partial charge in [0.05, 0.1) is 23.2 Å². The van der Waals surface area contributed by atoms with E-state index in [9.17, 15) is 22.8 Å². The maximum absolute atomic E-state index is 12.8. The molecule has 0 bridgehead atoms. The third-order valence-electron chi connectivity index (χ3n) is 5.97. The Labute approximate surface area is 232 Å². The van der Waals surface area contributed by atoms with Gasteiger partial charge in [0.2, 0.25) is 5.88 Å². The number of carboxylic acids is 1. The normalized spacial score (nSPS) is 13.8. The van der Waals surface area contributed by atoms with Crippen molar-refractivity contribution >= 4 is 29.1 Å². The van der Waals surface area contributed by atoms with Crippen molar-refractivity contribution in [3.8, 4) is 5.88 Å². The van der Waals surface area contributed by atoms with Gasteiger partial charge in [-0.1, -0.05) is 0 Å². The number of thiophene rings is 1. The predicted molar refractivity (Wildman–Crippen MR) is 139 cm³/mol. The van der Waals surface area contributed by atoms with Crippen molar-refractivity contribution < 1.29 is 37.4 Å². The van der Waals surface area contributed by atoms with Gasteiger partial charge in [0.25, 0.3) is 11.8 Å². The molecule has 2 amide bonds. The fourth-order valence-corrected chi connectivity index (χ4v) is 4.85. The minimum Gasteiger partial charge on any atom is -0.481 e.